The van der Waals surface area contributed by atoms with E-state index in [1.165, 1.54) is 12.1 Å². The van der Waals surface area contributed by atoms with Gasteiger partial charge in [-0.05, 0) is 35.9 Å². The molecule has 146 valence electrons. The SMILES string of the molecule is O=C(O)[C@@H](c1c[nH]c2cc(F)ccc12)N1CCN(Cc2cccc(Cl)c2)CC1. The number of hydrogen-bond donors (Lipinski definition) is 2. The minimum Gasteiger partial charge on any atom is -0.480 e. The predicted molar refractivity (Wildman–Crippen MR) is 107 cm³/mol. The average Bonchev–Trinajstić information content (AvgIpc) is 3.06. The Hall–Kier alpha value is -2.41. The van der Waals surface area contributed by atoms with Crippen LogP contribution < -0.4 is 0 Å². The first-order valence-electron chi connectivity index (χ1n) is 9.21. The second-order valence-corrected chi connectivity index (χ2v) is 7.55. The van der Waals surface area contributed by atoms with Crippen LogP contribution in [0.15, 0.2) is 48.7 Å². The van der Waals surface area contributed by atoms with Crippen molar-refractivity contribution in [3.63, 3.8) is 0 Å². The number of rotatable bonds is 5. The van der Waals surface area contributed by atoms with Crippen molar-refractivity contribution in [1.82, 2.24) is 14.8 Å². The van der Waals surface area contributed by atoms with E-state index >= 15 is 0 Å². The van der Waals surface area contributed by atoms with Gasteiger partial charge in [-0.25, -0.2) is 4.39 Å². The number of halogens is 2. The second kappa shape index (κ2) is 7.91. The summed E-state index contributed by atoms with van der Waals surface area (Å²) in [6, 6.07) is 11.4. The molecule has 1 aliphatic heterocycles. The van der Waals surface area contributed by atoms with Gasteiger partial charge in [-0.3, -0.25) is 14.6 Å². The van der Waals surface area contributed by atoms with Gasteiger partial charge < -0.3 is 10.1 Å². The number of carboxylic acids is 1. The van der Waals surface area contributed by atoms with Crippen molar-refractivity contribution < 1.29 is 14.3 Å². The number of aromatic nitrogens is 1. The van der Waals surface area contributed by atoms with Crippen LogP contribution in [-0.2, 0) is 11.3 Å². The van der Waals surface area contributed by atoms with Crippen LogP contribution in [-0.4, -0.2) is 52.0 Å². The summed E-state index contributed by atoms with van der Waals surface area (Å²) in [4.78, 5) is 19.3. The molecule has 0 aliphatic carbocycles. The molecule has 2 N–H and O–H groups in total. The van der Waals surface area contributed by atoms with Gasteiger partial charge in [0.1, 0.15) is 11.9 Å². The van der Waals surface area contributed by atoms with Gasteiger partial charge in [0.2, 0.25) is 0 Å². The number of aromatic amines is 1. The molecule has 4 rings (SSSR count). The maximum Gasteiger partial charge on any atom is 0.325 e. The second-order valence-electron chi connectivity index (χ2n) is 7.12. The lowest BCUT2D eigenvalue weighted by Gasteiger charge is -2.37. The zero-order valence-corrected chi connectivity index (χ0v) is 16.0. The molecule has 0 radical (unpaired) electrons. The number of nitrogens with zero attached hydrogens (tertiary/aromatic N) is 2. The van der Waals surface area contributed by atoms with Crippen molar-refractivity contribution in [3.8, 4) is 0 Å². The van der Waals surface area contributed by atoms with E-state index in [-0.39, 0.29) is 5.82 Å². The normalized spacial score (nSPS) is 17.1. The van der Waals surface area contributed by atoms with Crippen LogP contribution in [0.25, 0.3) is 10.9 Å². The monoisotopic (exact) mass is 401 g/mol. The molecule has 0 spiro atoms. The zero-order valence-electron chi connectivity index (χ0n) is 15.2. The molecular formula is C21H21ClFN3O2. The molecule has 3 aromatic rings. The molecule has 2 aromatic carbocycles. The number of piperazine rings is 1. The first-order valence-corrected chi connectivity index (χ1v) is 9.59. The lowest BCUT2D eigenvalue weighted by molar-refractivity contribution is -0.144. The Morgan fingerprint density at radius 1 is 1.18 bits per heavy atom. The minimum atomic E-state index is -0.895. The molecule has 28 heavy (non-hydrogen) atoms. The van der Waals surface area contributed by atoms with E-state index < -0.39 is 12.0 Å². The fourth-order valence-corrected chi connectivity index (χ4v) is 4.12. The Kier molecular flexibility index (Phi) is 5.35. The molecule has 5 nitrogen and oxygen atoms in total. The predicted octanol–water partition coefficient (Wildman–Crippen LogP) is 3.90. The topological polar surface area (TPSA) is 59.6 Å². The highest BCUT2D eigenvalue weighted by atomic mass is 35.5. The summed E-state index contributed by atoms with van der Waals surface area (Å²) < 4.78 is 13.4. The third-order valence-electron chi connectivity index (χ3n) is 5.27. The first-order chi connectivity index (χ1) is 13.5. The molecule has 1 fully saturated rings. The van der Waals surface area contributed by atoms with E-state index in [4.69, 9.17) is 11.6 Å². The van der Waals surface area contributed by atoms with Gasteiger partial charge in [0.25, 0.3) is 0 Å². The maximum atomic E-state index is 13.4. The van der Waals surface area contributed by atoms with E-state index in [2.05, 4.69) is 9.88 Å². The van der Waals surface area contributed by atoms with Crippen molar-refractivity contribution in [2.45, 2.75) is 12.6 Å². The van der Waals surface area contributed by atoms with Gasteiger partial charge in [0.05, 0.1) is 0 Å². The van der Waals surface area contributed by atoms with Crippen LogP contribution in [0.5, 0.6) is 0 Å². The van der Waals surface area contributed by atoms with E-state index in [0.29, 0.717) is 24.2 Å². The number of fused-ring (bicyclic) bond motifs is 1. The van der Waals surface area contributed by atoms with Crippen LogP contribution in [0.1, 0.15) is 17.2 Å². The number of carboxylic acid groups (broad SMARTS) is 1. The molecule has 1 aromatic heterocycles. The Bertz CT molecular complexity index is 998. The maximum absolute atomic E-state index is 13.4. The van der Waals surface area contributed by atoms with Crippen LogP contribution in [0.4, 0.5) is 4.39 Å². The van der Waals surface area contributed by atoms with Crippen LogP contribution in [0.2, 0.25) is 5.02 Å². The highest BCUT2D eigenvalue weighted by molar-refractivity contribution is 6.30. The van der Waals surface area contributed by atoms with Gasteiger partial charge >= 0.3 is 5.97 Å². The van der Waals surface area contributed by atoms with Crippen LogP contribution in [0.3, 0.4) is 0 Å². The standard InChI is InChI=1S/C21H21ClFN3O2/c22-15-3-1-2-14(10-15)13-25-6-8-26(9-7-25)20(21(27)28)18-12-24-19-11-16(23)4-5-17(18)19/h1-5,10-12,20,24H,6-9,13H2,(H,27,28)/t20-/m1/s1. The van der Waals surface area contributed by atoms with Gasteiger partial charge in [0, 0.05) is 60.4 Å². The summed E-state index contributed by atoms with van der Waals surface area (Å²) in [5.41, 5.74) is 2.43. The average molecular weight is 402 g/mol. The fourth-order valence-electron chi connectivity index (χ4n) is 3.91. The molecule has 1 aliphatic rings. The summed E-state index contributed by atoms with van der Waals surface area (Å²) in [7, 11) is 0. The van der Waals surface area contributed by atoms with E-state index in [0.717, 1.165) is 35.6 Å². The Morgan fingerprint density at radius 2 is 1.96 bits per heavy atom. The summed E-state index contributed by atoms with van der Waals surface area (Å²) in [5, 5.41) is 11.4. The van der Waals surface area contributed by atoms with Gasteiger partial charge in [-0.15, -0.1) is 0 Å². The first kappa shape index (κ1) is 18.9. The molecule has 0 unspecified atom stereocenters. The molecule has 0 bridgehead atoms. The Labute approximate surface area is 167 Å². The zero-order chi connectivity index (χ0) is 19.7. The highest BCUT2D eigenvalue weighted by Crippen LogP contribution is 2.30. The quantitative estimate of drug-likeness (QED) is 0.680. The molecule has 7 heteroatoms. The fraction of sp³-hybridized carbons (Fsp3) is 0.286. The Morgan fingerprint density at radius 3 is 2.68 bits per heavy atom. The third-order valence-corrected chi connectivity index (χ3v) is 5.51. The molecule has 2 heterocycles. The van der Waals surface area contributed by atoms with Gasteiger partial charge in [-0.2, -0.15) is 0 Å². The summed E-state index contributed by atoms with van der Waals surface area (Å²) in [6.45, 7) is 3.62. The summed E-state index contributed by atoms with van der Waals surface area (Å²) in [6.07, 6.45) is 1.68. The highest BCUT2D eigenvalue weighted by Gasteiger charge is 2.32. The van der Waals surface area contributed by atoms with E-state index in [1.807, 2.05) is 29.2 Å². The largest absolute Gasteiger partial charge is 0.480 e. The van der Waals surface area contributed by atoms with Crippen molar-refractivity contribution in [3.05, 3.63) is 70.6 Å². The molecule has 0 saturated carbocycles. The summed E-state index contributed by atoms with van der Waals surface area (Å²) in [5.74, 6) is -1.24. The Balaban J connectivity index is 1.48. The number of nitrogens with one attached hydrogen (secondary N) is 1. The van der Waals surface area contributed by atoms with Gasteiger partial charge in [-0.1, -0.05) is 23.7 Å². The smallest absolute Gasteiger partial charge is 0.325 e. The van der Waals surface area contributed by atoms with Crippen molar-refractivity contribution in [2.75, 3.05) is 26.2 Å². The van der Waals surface area contributed by atoms with Crippen molar-refractivity contribution >= 4 is 28.5 Å². The molecule has 0 amide bonds. The third kappa shape index (κ3) is 3.90. The summed E-state index contributed by atoms with van der Waals surface area (Å²) >= 11 is 6.06. The van der Waals surface area contributed by atoms with Gasteiger partial charge in [0.15, 0.2) is 0 Å². The number of carbonyl (C=O) groups is 1. The van der Waals surface area contributed by atoms with E-state index in [1.54, 1.807) is 12.3 Å². The lowest BCUT2D eigenvalue weighted by Crippen LogP contribution is -2.48. The minimum absolute atomic E-state index is 0.345. The number of benzene rings is 2. The lowest BCUT2D eigenvalue weighted by atomic mass is 10.0. The van der Waals surface area contributed by atoms with Crippen molar-refractivity contribution in [2.24, 2.45) is 0 Å². The number of H-pyrrole nitrogens is 1. The van der Waals surface area contributed by atoms with Crippen LogP contribution in [0, 0.1) is 5.82 Å². The number of aliphatic carboxylic acids is 1. The molecule has 1 saturated heterocycles. The molecular weight excluding hydrogens is 381 g/mol. The van der Waals surface area contributed by atoms with Crippen LogP contribution >= 0.6 is 11.6 Å². The van der Waals surface area contributed by atoms with Crippen molar-refractivity contribution in [1.29, 1.82) is 0 Å². The molecule has 1 atom stereocenters. The van der Waals surface area contributed by atoms with E-state index in [9.17, 15) is 14.3 Å². The number of hydrogen-bond acceptors (Lipinski definition) is 3.